The van der Waals surface area contributed by atoms with Crippen LogP contribution in [0.15, 0.2) is 121 Å². The van der Waals surface area contributed by atoms with Crippen molar-refractivity contribution in [1.29, 1.82) is 0 Å². The van der Waals surface area contributed by atoms with Gasteiger partial charge in [0.05, 0.1) is 9.49 Å². The summed E-state index contributed by atoms with van der Waals surface area (Å²) in [5.74, 6) is -0.829. The summed E-state index contributed by atoms with van der Waals surface area (Å²) in [4.78, 5) is 0. The van der Waals surface area contributed by atoms with E-state index in [2.05, 4.69) is 48.5 Å². The van der Waals surface area contributed by atoms with Gasteiger partial charge < -0.3 is 9.47 Å². The predicted molar refractivity (Wildman–Crippen MR) is 149 cm³/mol. The lowest BCUT2D eigenvalue weighted by atomic mass is 9.76. The van der Waals surface area contributed by atoms with E-state index in [1.54, 1.807) is 0 Å². The number of benzene rings is 4. The maximum atomic E-state index is 6.78. The predicted octanol–water partition coefficient (Wildman–Crippen LogP) is 7.25. The zero-order chi connectivity index (χ0) is 24.5. The average molecular weight is 499 g/mol. The minimum Gasteiger partial charge on any atom is -0.342 e. The maximum Gasteiger partial charge on any atom is 0.163 e. The van der Waals surface area contributed by atoms with Gasteiger partial charge in [0, 0.05) is 0 Å². The van der Waals surface area contributed by atoms with Crippen LogP contribution in [0, 0.1) is 0 Å². The molecule has 0 aliphatic carbocycles. The highest BCUT2D eigenvalue weighted by Crippen LogP contribution is 2.54. The molecule has 5 rings (SSSR count). The average Bonchev–Trinajstić information content (AvgIpc) is 3.26. The number of hydrogen-bond acceptors (Lipinski definition) is 4. The van der Waals surface area contributed by atoms with Crippen LogP contribution in [-0.4, -0.2) is 18.0 Å². The second kappa shape index (κ2) is 9.51. The van der Waals surface area contributed by atoms with Gasteiger partial charge in [-0.25, -0.2) is 0 Å². The van der Waals surface area contributed by atoms with Crippen molar-refractivity contribution in [1.82, 2.24) is 0 Å². The van der Waals surface area contributed by atoms with Gasteiger partial charge in [0.25, 0.3) is 0 Å². The Morgan fingerprint density at radius 3 is 0.943 bits per heavy atom. The Morgan fingerprint density at radius 1 is 0.486 bits per heavy atom. The third-order valence-electron chi connectivity index (χ3n) is 6.78. The zero-order valence-corrected chi connectivity index (χ0v) is 21.7. The minimum atomic E-state index is -0.829. The Labute approximate surface area is 219 Å². The Bertz CT molecular complexity index is 1070. The van der Waals surface area contributed by atoms with Gasteiger partial charge >= 0.3 is 0 Å². The van der Waals surface area contributed by atoms with E-state index in [1.807, 2.05) is 86.6 Å². The Kier molecular flexibility index (Phi) is 6.58. The fraction of sp³-hybridized carbons (Fsp3) is 0.226. The molecule has 0 N–H and O–H groups in total. The van der Waals surface area contributed by atoms with E-state index >= 15 is 0 Å². The number of ether oxygens (including phenoxy) is 2. The first-order valence-corrected chi connectivity index (χ1v) is 12.8. The van der Waals surface area contributed by atoms with Crippen LogP contribution in [0.3, 0.4) is 0 Å². The standard InChI is InChI=1S/C31H30O2S2/c1-29(2)32-27(30(34,23-15-7-3-8-16-23)24-17-9-4-10-18-24)28(33-29)31(35,25-19-11-5-12-20-25)26-21-13-6-14-22-26/h3-22,27-28,34-35H,1-2H3/t27-,28-/m1/s1. The van der Waals surface area contributed by atoms with Crippen molar-refractivity contribution >= 4 is 25.3 Å². The van der Waals surface area contributed by atoms with Crippen molar-refractivity contribution in [3.8, 4) is 0 Å². The molecule has 1 fully saturated rings. The first-order chi connectivity index (χ1) is 16.9. The first-order valence-electron chi connectivity index (χ1n) is 11.9. The molecule has 0 unspecified atom stereocenters. The van der Waals surface area contributed by atoms with Crippen molar-refractivity contribution in [2.75, 3.05) is 0 Å². The molecule has 2 atom stereocenters. The Morgan fingerprint density at radius 2 is 0.714 bits per heavy atom. The van der Waals surface area contributed by atoms with Gasteiger partial charge in [-0.05, 0) is 36.1 Å². The third-order valence-corrected chi connectivity index (χ3v) is 8.32. The Hall–Kier alpha value is -2.50. The summed E-state index contributed by atoms with van der Waals surface area (Å²) in [6.07, 6.45) is -0.910. The number of thiol groups is 2. The molecule has 1 aliphatic heterocycles. The van der Waals surface area contributed by atoms with Gasteiger partial charge in [-0.15, -0.1) is 0 Å². The molecule has 0 saturated carbocycles. The number of hydrogen-bond donors (Lipinski definition) is 2. The molecule has 0 bridgehead atoms. The van der Waals surface area contributed by atoms with E-state index in [4.69, 9.17) is 34.7 Å². The number of rotatable bonds is 6. The van der Waals surface area contributed by atoms with Crippen molar-refractivity contribution in [3.05, 3.63) is 144 Å². The third kappa shape index (κ3) is 4.34. The highest BCUT2D eigenvalue weighted by molar-refractivity contribution is 7.82. The zero-order valence-electron chi connectivity index (χ0n) is 19.9. The van der Waals surface area contributed by atoms with Crippen LogP contribution in [0.2, 0.25) is 0 Å². The van der Waals surface area contributed by atoms with Crippen LogP contribution >= 0.6 is 25.3 Å². The quantitative estimate of drug-likeness (QED) is 0.273. The van der Waals surface area contributed by atoms with Gasteiger partial charge in [0.2, 0.25) is 0 Å². The van der Waals surface area contributed by atoms with Crippen LogP contribution in [0.5, 0.6) is 0 Å². The SMILES string of the molecule is CC1(C)O[C@@H](C(S)(c2ccccc2)c2ccccc2)[C@H](C(S)(c2ccccc2)c2ccccc2)O1. The molecule has 178 valence electrons. The fourth-order valence-electron chi connectivity index (χ4n) is 5.13. The summed E-state index contributed by atoms with van der Waals surface area (Å²) in [6, 6.07) is 41.3. The molecule has 1 aliphatic rings. The second-order valence-electron chi connectivity index (χ2n) is 9.47. The van der Waals surface area contributed by atoms with E-state index in [9.17, 15) is 0 Å². The molecular formula is C31H30O2S2. The molecule has 0 amide bonds. The van der Waals surface area contributed by atoms with E-state index in [0.29, 0.717) is 0 Å². The summed E-state index contributed by atoms with van der Waals surface area (Å²) in [5.41, 5.74) is 4.18. The lowest BCUT2D eigenvalue weighted by Gasteiger charge is -2.43. The summed E-state index contributed by atoms with van der Waals surface area (Å²) in [6.45, 7) is 3.93. The van der Waals surface area contributed by atoms with Crippen molar-refractivity contribution < 1.29 is 9.47 Å². The highest BCUT2D eigenvalue weighted by Gasteiger charge is 2.59. The maximum absolute atomic E-state index is 6.78. The normalized spacial score (nSPS) is 20.0. The van der Waals surface area contributed by atoms with Crippen molar-refractivity contribution in [3.63, 3.8) is 0 Å². The lowest BCUT2D eigenvalue weighted by molar-refractivity contribution is -0.149. The smallest absolute Gasteiger partial charge is 0.163 e. The van der Waals surface area contributed by atoms with Gasteiger partial charge in [0.1, 0.15) is 12.2 Å². The molecular weight excluding hydrogens is 468 g/mol. The van der Waals surface area contributed by atoms with Crippen LogP contribution in [-0.2, 0) is 19.0 Å². The minimum absolute atomic E-state index is 0.455. The first kappa shape index (κ1) is 24.2. The summed E-state index contributed by atoms with van der Waals surface area (Å²) in [5, 5.41) is 0. The molecule has 4 heteroatoms. The molecule has 4 aromatic rings. The molecule has 4 aromatic carbocycles. The van der Waals surface area contributed by atoms with Crippen molar-refractivity contribution in [2.24, 2.45) is 0 Å². The molecule has 35 heavy (non-hydrogen) atoms. The summed E-state index contributed by atoms with van der Waals surface area (Å²) in [7, 11) is 0. The second-order valence-corrected chi connectivity index (χ2v) is 10.9. The van der Waals surface area contributed by atoms with E-state index in [-0.39, 0.29) is 0 Å². The van der Waals surface area contributed by atoms with E-state index in [1.165, 1.54) is 0 Å². The molecule has 1 heterocycles. The largest absolute Gasteiger partial charge is 0.342 e. The molecule has 0 aromatic heterocycles. The van der Waals surface area contributed by atoms with Crippen LogP contribution in [0.1, 0.15) is 36.1 Å². The van der Waals surface area contributed by atoms with Gasteiger partial charge in [-0.1, -0.05) is 121 Å². The van der Waals surface area contributed by atoms with E-state index in [0.717, 1.165) is 22.3 Å². The summed E-state index contributed by atoms with van der Waals surface area (Å²) >= 11 is 10.9. The monoisotopic (exact) mass is 498 g/mol. The van der Waals surface area contributed by atoms with Gasteiger partial charge in [-0.3, -0.25) is 0 Å². The summed E-state index contributed by atoms with van der Waals surface area (Å²) < 4.78 is 12.0. The molecule has 1 saturated heterocycles. The van der Waals surface area contributed by atoms with Crippen molar-refractivity contribution in [2.45, 2.75) is 41.3 Å². The van der Waals surface area contributed by atoms with E-state index < -0.39 is 27.5 Å². The molecule has 2 nitrogen and oxygen atoms in total. The van der Waals surface area contributed by atoms with Crippen LogP contribution in [0.4, 0.5) is 0 Å². The Balaban J connectivity index is 1.76. The van der Waals surface area contributed by atoms with Crippen LogP contribution < -0.4 is 0 Å². The lowest BCUT2D eigenvalue weighted by Crippen LogP contribution is -2.50. The van der Waals surface area contributed by atoms with Gasteiger partial charge in [0.15, 0.2) is 5.79 Å². The fourth-order valence-corrected chi connectivity index (χ4v) is 6.10. The highest BCUT2D eigenvalue weighted by atomic mass is 32.1. The molecule has 0 spiro atoms. The van der Waals surface area contributed by atoms with Crippen LogP contribution in [0.25, 0.3) is 0 Å². The van der Waals surface area contributed by atoms with Gasteiger partial charge in [-0.2, -0.15) is 25.3 Å². The topological polar surface area (TPSA) is 18.5 Å². The molecule has 0 radical (unpaired) electrons.